The van der Waals surface area contributed by atoms with Crippen LogP contribution in [0.15, 0.2) is 36.8 Å². The fourth-order valence-electron chi connectivity index (χ4n) is 3.45. The summed E-state index contributed by atoms with van der Waals surface area (Å²) >= 11 is 0. The van der Waals surface area contributed by atoms with E-state index >= 15 is 0 Å². The van der Waals surface area contributed by atoms with Gasteiger partial charge in [-0.2, -0.15) is 5.10 Å². The molecule has 1 aromatic carbocycles. The van der Waals surface area contributed by atoms with Gasteiger partial charge >= 0.3 is 0 Å². The Kier molecular flexibility index (Phi) is 4.47. The molecule has 7 nitrogen and oxygen atoms in total. The third kappa shape index (κ3) is 3.15. The van der Waals surface area contributed by atoms with Gasteiger partial charge in [0, 0.05) is 25.3 Å². The van der Waals surface area contributed by atoms with Gasteiger partial charge < -0.3 is 15.3 Å². The van der Waals surface area contributed by atoms with Gasteiger partial charge in [0.2, 0.25) is 0 Å². The van der Waals surface area contributed by atoms with E-state index in [0.717, 1.165) is 42.9 Å². The zero-order chi connectivity index (χ0) is 17.1. The van der Waals surface area contributed by atoms with Crippen LogP contribution in [0.25, 0.3) is 11.0 Å². The van der Waals surface area contributed by atoms with Gasteiger partial charge in [0.1, 0.15) is 12.1 Å². The summed E-state index contributed by atoms with van der Waals surface area (Å²) in [6.45, 7) is 3.29. The van der Waals surface area contributed by atoms with Crippen LogP contribution in [0.4, 0.5) is 11.5 Å². The second kappa shape index (κ2) is 7.06. The summed E-state index contributed by atoms with van der Waals surface area (Å²) in [7, 11) is 0. The first-order valence-corrected chi connectivity index (χ1v) is 8.71. The maximum atomic E-state index is 9.11. The number of fused-ring (bicyclic) bond motifs is 2. The van der Waals surface area contributed by atoms with E-state index in [1.165, 1.54) is 24.0 Å². The van der Waals surface area contributed by atoms with E-state index in [0.29, 0.717) is 6.54 Å². The summed E-state index contributed by atoms with van der Waals surface area (Å²) in [6.07, 6.45) is 5.65. The lowest BCUT2D eigenvalue weighted by Gasteiger charge is -2.31. The predicted octanol–water partition coefficient (Wildman–Crippen LogP) is 1.68. The number of aryl methyl sites for hydroxylation is 1. The average molecular weight is 338 g/mol. The van der Waals surface area contributed by atoms with Crippen molar-refractivity contribution >= 4 is 22.5 Å². The van der Waals surface area contributed by atoms with Crippen LogP contribution in [0.3, 0.4) is 0 Å². The van der Waals surface area contributed by atoms with Crippen LogP contribution in [-0.2, 0) is 13.0 Å². The molecule has 7 heteroatoms. The van der Waals surface area contributed by atoms with Crippen molar-refractivity contribution in [1.82, 2.24) is 19.7 Å². The van der Waals surface area contributed by atoms with Crippen LogP contribution in [0, 0.1) is 0 Å². The van der Waals surface area contributed by atoms with Gasteiger partial charge in [0.25, 0.3) is 0 Å². The lowest BCUT2D eigenvalue weighted by Crippen LogP contribution is -2.33. The molecule has 0 atom stereocenters. The molecule has 3 aromatic rings. The molecular formula is C18H22N6O. The highest BCUT2D eigenvalue weighted by Crippen LogP contribution is 2.26. The Bertz CT molecular complexity index is 862. The fourth-order valence-corrected chi connectivity index (χ4v) is 3.45. The van der Waals surface area contributed by atoms with Crippen molar-refractivity contribution in [1.29, 1.82) is 0 Å². The normalized spacial score (nSPS) is 13.9. The Labute approximate surface area is 146 Å². The van der Waals surface area contributed by atoms with Crippen molar-refractivity contribution in [2.45, 2.75) is 19.4 Å². The molecule has 1 aliphatic heterocycles. The minimum atomic E-state index is 0.0396. The highest BCUT2D eigenvalue weighted by atomic mass is 16.3. The van der Waals surface area contributed by atoms with Gasteiger partial charge in [-0.3, -0.25) is 0 Å². The summed E-state index contributed by atoms with van der Waals surface area (Å²) in [5.74, 6) is 0.791. The first kappa shape index (κ1) is 15.8. The Morgan fingerprint density at radius 3 is 3.00 bits per heavy atom. The molecule has 0 spiro atoms. The molecule has 2 aromatic heterocycles. The smallest absolute Gasteiger partial charge is 0.163 e. The summed E-state index contributed by atoms with van der Waals surface area (Å²) in [5, 5.41) is 17.7. The van der Waals surface area contributed by atoms with E-state index in [-0.39, 0.29) is 6.61 Å². The molecule has 0 fully saturated rings. The second-order valence-corrected chi connectivity index (χ2v) is 6.20. The van der Waals surface area contributed by atoms with E-state index in [4.69, 9.17) is 5.11 Å². The number of benzene rings is 1. The first-order valence-electron chi connectivity index (χ1n) is 8.71. The standard InChI is InChI=1S/C18H22N6O/c25-11-10-24-18-15(12-22-24)17(20-13-21-18)19-7-9-23-8-3-5-14-4-1-2-6-16(14)23/h1-2,4,6,12-13,25H,3,5,7-11H2,(H,19,20,21). The molecule has 0 unspecified atom stereocenters. The summed E-state index contributed by atoms with van der Waals surface area (Å²) in [5.41, 5.74) is 3.53. The summed E-state index contributed by atoms with van der Waals surface area (Å²) in [4.78, 5) is 11.1. The average Bonchev–Trinajstić information content (AvgIpc) is 3.06. The van der Waals surface area contributed by atoms with Gasteiger partial charge in [-0.25, -0.2) is 14.6 Å². The molecular weight excluding hydrogens is 316 g/mol. The van der Waals surface area contributed by atoms with Crippen LogP contribution in [0.2, 0.25) is 0 Å². The lowest BCUT2D eigenvalue weighted by atomic mass is 10.0. The van der Waals surface area contributed by atoms with Gasteiger partial charge in [-0.1, -0.05) is 18.2 Å². The maximum absolute atomic E-state index is 9.11. The molecule has 0 saturated carbocycles. The van der Waals surface area contributed by atoms with Crippen LogP contribution >= 0.6 is 0 Å². The van der Waals surface area contributed by atoms with Crippen molar-refractivity contribution in [3.8, 4) is 0 Å². The van der Waals surface area contributed by atoms with Crippen LogP contribution < -0.4 is 10.2 Å². The van der Waals surface area contributed by atoms with Crippen molar-refractivity contribution in [2.75, 3.05) is 36.5 Å². The second-order valence-electron chi connectivity index (χ2n) is 6.20. The van der Waals surface area contributed by atoms with E-state index < -0.39 is 0 Å². The number of para-hydroxylation sites is 1. The largest absolute Gasteiger partial charge is 0.394 e. The minimum absolute atomic E-state index is 0.0396. The molecule has 25 heavy (non-hydrogen) atoms. The summed E-state index contributed by atoms with van der Waals surface area (Å²) < 4.78 is 1.70. The van der Waals surface area contributed by atoms with E-state index in [9.17, 15) is 0 Å². The van der Waals surface area contributed by atoms with Crippen LogP contribution in [-0.4, -0.2) is 51.1 Å². The van der Waals surface area contributed by atoms with Crippen molar-refractivity contribution in [3.63, 3.8) is 0 Å². The van der Waals surface area contributed by atoms with Crippen molar-refractivity contribution in [2.24, 2.45) is 0 Å². The molecule has 0 amide bonds. The van der Waals surface area contributed by atoms with E-state index in [1.54, 1.807) is 10.9 Å². The van der Waals surface area contributed by atoms with Crippen molar-refractivity contribution in [3.05, 3.63) is 42.4 Å². The number of nitrogens with one attached hydrogen (secondary N) is 1. The third-order valence-electron chi connectivity index (χ3n) is 4.63. The topological polar surface area (TPSA) is 79.1 Å². The number of rotatable bonds is 6. The molecule has 1 aliphatic rings. The van der Waals surface area contributed by atoms with Gasteiger partial charge in [0.15, 0.2) is 5.65 Å². The molecule has 3 heterocycles. The van der Waals surface area contributed by atoms with Gasteiger partial charge in [0.05, 0.1) is 24.7 Å². The predicted molar refractivity (Wildman–Crippen MR) is 97.9 cm³/mol. The number of hydrogen-bond donors (Lipinski definition) is 2. The molecule has 0 radical (unpaired) electrons. The van der Waals surface area contributed by atoms with Crippen LogP contribution in [0.1, 0.15) is 12.0 Å². The zero-order valence-corrected chi connectivity index (χ0v) is 14.1. The SMILES string of the molecule is OCCn1ncc2c(NCCN3CCCc4ccccc43)ncnc21. The molecule has 4 rings (SSSR count). The Morgan fingerprint density at radius 1 is 1.16 bits per heavy atom. The zero-order valence-electron chi connectivity index (χ0n) is 14.1. The molecule has 2 N–H and O–H groups in total. The molecule has 0 bridgehead atoms. The number of anilines is 2. The van der Waals surface area contributed by atoms with Crippen LogP contribution in [0.5, 0.6) is 0 Å². The fraction of sp³-hybridized carbons (Fsp3) is 0.389. The number of hydrogen-bond acceptors (Lipinski definition) is 6. The highest BCUT2D eigenvalue weighted by Gasteiger charge is 2.16. The first-order chi connectivity index (χ1) is 12.4. The highest BCUT2D eigenvalue weighted by molar-refractivity contribution is 5.86. The Hall–Kier alpha value is -2.67. The van der Waals surface area contributed by atoms with E-state index in [1.807, 2.05) is 0 Å². The maximum Gasteiger partial charge on any atom is 0.163 e. The van der Waals surface area contributed by atoms with Crippen molar-refractivity contribution < 1.29 is 5.11 Å². The van der Waals surface area contributed by atoms with Gasteiger partial charge in [-0.15, -0.1) is 0 Å². The number of aliphatic hydroxyl groups is 1. The van der Waals surface area contributed by atoms with E-state index in [2.05, 4.69) is 49.5 Å². The third-order valence-corrected chi connectivity index (χ3v) is 4.63. The minimum Gasteiger partial charge on any atom is -0.394 e. The lowest BCUT2D eigenvalue weighted by molar-refractivity contribution is 0.271. The molecule has 0 saturated heterocycles. The monoisotopic (exact) mass is 338 g/mol. The van der Waals surface area contributed by atoms with Gasteiger partial charge in [-0.05, 0) is 24.5 Å². The Balaban J connectivity index is 1.45. The number of nitrogens with zero attached hydrogens (tertiary/aromatic N) is 5. The quantitative estimate of drug-likeness (QED) is 0.712. The summed E-state index contributed by atoms with van der Waals surface area (Å²) in [6, 6.07) is 8.64. The number of aliphatic hydroxyl groups excluding tert-OH is 1. The molecule has 130 valence electrons. The molecule has 0 aliphatic carbocycles. The number of aromatic nitrogens is 4. The Morgan fingerprint density at radius 2 is 2.08 bits per heavy atom.